The standard InChI is InChI=1S/C18H14N2O5S2/c1-3-8-19-17(21)16(27-18(19)26)10-12-5-7-15(25-12)13-9-11(20(22)23)4-6-14(13)24-2/h3-7,9-10H,1,8H2,2H3/b16-10-. The summed E-state index contributed by atoms with van der Waals surface area (Å²) in [6, 6.07) is 7.59. The minimum atomic E-state index is -0.488. The summed E-state index contributed by atoms with van der Waals surface area (Å²) in [5.74, 6) is 1.05. The number of thiocarbonyl (C=S) groups is 1. The first-order valence-electron chi connectivity index (χ1n) is 7.73. The Balaban J connectivity index is 1.93. The van der Waals surface area contributed by atoms with Crippen molar-refractivity contribution in [1.29, 1.82) is 0 Å². The maximum atomic E-state index is 12.4. The second-order valence-electron chi connectivity index (χ2n) is 5.42. The number of hydrogen-bond acceptors (Lipinski definition) is 7. The van der Waals surface area contributed by atoms with Gasteiger partial charge in [-0.15, -0.1) is 6.58 Å². The molecule has 2 heterocycles. The van der Waals surface area contributed by atoms with Gasteiger partial charge in [-0.3, -0.25) is 19.8 Å². The highest BCUT2D eigenvalue weighted by atomic mass is 32.2. The van der Waals surface area contributed by atoms with Crippen LogP contribution in [-0.4, -0.2) is 33.7 Å². The van der Waals surface area contributed by atoms with E-state index in [-0.39, 0.29) is 11.6 Å². The van der Waals surface area contributed by atoms with Crippen molar-refractivity contribution >= 4 is 46.0 Å². The van der Waals surface area contributed by atoms with Crippen LogP contribution in [0.4, 0.5) is 5.69 Å². The maximum Gasteiger partial charge on any atom is 0.270 e. The molecule has 3 rings (SSSR count). The molecule has 0 atom stereocenters. The number of nitrogens with zero attached hydrogens (tertiary/aromatic N) is 2. The van der Waals surface area contributed by atoms with Crippen molar-refractivity contribution in [1.82, 2.24) is 4.90 Å². The molecule has 0 bridgehead atoms. The van der Waals surface area contributed by atoms with Crippen LogP contribution in [0.2, 0.25) is 0 Å². The highest BCUT2D eigenvalue weighted by Crippen LogP contribution is 2.36. The van der Waals surface area contributed by atoms with E-state index in [0.717, 1.165) is 0 Å². The number of furan rings is 1. The first-order valence-corrected chi connectivity index (χ1v) is 8.96. The van der Waals surface area contributed by atoms with Gasteiger partial charge in [-0.05, 0) is 18.2 Å². The summed E-state index contributed by atoms with van der Waals surface area (Å²) < 4.78 is 11.5. The van der Waals surface area contributed by atoms with Gasteiger partial charge in [0.05, 0.1) is 22.5 Å². The Bertz CT molecular complexity index is 980. The van der Waals surface area contributed by atoms with Crippen LogP contribution in [0.3, 0.4) is 0 Å². The summed E-state index contributed by atoms with van der Waals surface area (Å²) in [5.41, 5.74) is 0.375. The zero-order valence-corrected chi connectivity index (χ0v) is 15.8. The fourth-order valence-corrected chi connectivity index (χ4v) is 3.75. The molecule has 1 fully saturated rings. The molecule has 1 aromatic heterocycles. The van der Waals surface area contributed by atoms with Gasteiger partial charge in [0.25, 0.3) is 11.6 Å². The number of nitro benzene ring substituents is 1. The molecule has 1 aliphatic rings. The Morgan fingerprint density at radius 2 is 2.19 bits per heavy atom. The molecular weight excluding hydrogens is 388 g/mol. The third-order valence-electron chi connectivity index (χ3n) is 3.74. The van der Waals surface area contributed by atoms with E-state index >= 15 is 0 Å². The molecule has 138 valence electrons. The van der Waals surface area contributed by atoms with Gasteiger partial charge < -0.3 is 9.15 Å². The molecule has 0 saturated carbocycles. The van der Waals surface area contributed by atoms with Crippen molar-refractivity contribution in [3.63, 3.8) is 0 Å². The summed E-state index contributed by atoms with van der Waals surface area (Å²) in [5, 5.41) is 11.0. The number of ether oxygens (including phenoxy) is 1. The van der Waals surface area contributed by atoms with Crippen LogP contribution < -0.4 is 4.74 Å². The second-order valence-corrected chi connectivity index (χ2v) is 7.10. The number of carbonyl (C=O) groups is 1. The van der Waals surface area contributed by atoms with Crippen molar-refractivity contribution in [3.05, 3.63) is 63.8 Å². The SMILES string of the molecule is C=CCN1C(=O)/C(=C/c2ccc(-c3cc([N+](=O)[O-])ccc3OC)o2)SC1=S. The number of carbonyl (C=O) groups excluding carboxylic acids is 1. The van der Waals surface area contributed by atoms with Gasteiger partial charge in [-0.25, -0.2) is 0 Å². The maximum absolute atomic E-state index is 12.4. The van der Waals surface area contributed by atoms with E-state index in [1.54, 1.807) is 24.3 Å². The summed E-state index contributed by atoms with van der Waals surface area (Å²) in [7, 11) is 1.47. The lowest BCUT2D eigenvalue weighted by molar-refractivity contribution is -0.384. The molecule has 1 aromatic carbocycles. The van der Waals surface area contributed by atoms with Gasteiger partial charge in [-0.2, -0.15) is 0 Å². The number of thioether (sulfide) groups is 1. The van der Waals surface area contributed by atoms with Crippen molar-refractivity contribution in [2.75, 3.05) is 13.7 Å². The molecule has 1 aliphatic heterocycles. The molecular formula is C18H14N2O5S2. The fourth-order valence-electron chi connectivity index (χ4n) is 2.49. The predicted octanol–water partition coefficient (Wildman–Crippen LogP) is 4.25. The van der Waals surface area contributed by atoms with E-state index in [9.17, 15) is 14.9 Å². The van der Waals surface area contributed by atoms with Crippen LogP contribution in [0, 0.1) is 10.1 Å². The zero-order chi connectivity index (χ0) is 19.6. The predicted molar refractivity (Wildman–Crippen MR) is 107 cm³/mol. The van der Waals surface area contributed by atoms with Crippen molar-refractivity contribution in [3.8, 4) is 17.1 Å². The van der Waals surface area contributed by atoms with Gasteiger partial charge in [0, 0.05) is 24.8 Å². The Hall–Kier alpha value is -2.91. The lowest BCUT2D eigenvalue weighted by atomic mass is 10.1. The van der Waals surface area contributed by atoms with E-state index in [1.807, 2.05) is 0 Å². The van der Waals surface area contributed by atoms with E-state index in [1.165, 1.54) is 42.0 Å². The molecule has 0 N–H and O–H groups in total. The highest BCUT2D eigenvalue weighted by molar-refractivity contribution is 8.26. The topological polar surface area (TPSA) is 85.8 Å². The number of benzene rings is 1. The van der Waals surface area contributed by atoms with Crippen LogP contribution in [0.5, 0.6) is 5.75 Å². The van der Waals surface area contributed by atoms with Crippen molar-refractivity contribution in [2.45, 2.75) is 0 Å². The molecule has 27 heavy (non-hydrogen) atoms. The largest absolute Gasteiger partial charge is 0.496 e. The minimum absolute atomic E-state index is 0.0750. The number of hydrogen-bond donors (Lipinski definition) is 0. The number of methoxy groups -OCH3 is 1. The second kappa shape index (κ2) is 7.77. The highest BCUT2D eigenvalue weighted by Gasteiger charge is 2.31. The Kier molecular flexibility index (Phi) is 5.43. The van der Waals surface area contributed by atoms with Gasteiger partial charge in [0.15, 0.2) is 0 Å². The van der Waals surface area contributed by atoms with Gasteiger partial charge in [0.1, 0.15) is 21.6 Å². The van der Waals surface area contributed by atoms with E-state index < -0.39 is 4.92 Å². The smallest absolute Gasteiger partial charge is 0.270 e. The van der Waals surface area contributed by atoms with Crippen LogP contribution in [0.15, 0.2) is 52.3 Å². The molecule has 2 aromatic rings. The van der Waals surface area contributed by atoms with E-state index in [4.69, 9.17) is 21.4 Å². The summed E-state index contributed by atoms with van der Waals surface area (Å²) in [6.45, 7) is 3.96. The average Bonchev–Trinajstić information content (AvgIpc) is 3.22. The van der Waals surface area contributed by atoms with Crippen molar-refractivity contribution in [2.24, 2.45) is 0 Å². The Morgan fingerprint density at radius 3 is 2.85 bits per heavy atom. The van der Waals surface area contributed by atoms with Gasteiger partial charge in [-0.1, -0.05) is 30.1 Å². The molecule has 1 amide bonds. The fraction of sp³-hybridized carbons (Fsp3) is 0.111. The lowest BCUT2D eigenvalue weighted by Gasteiger charge is -2.10. The third-order valence-corrected chi connectivity index (χ3v) is 5.12. The van der Waals surface area contributed by atoms with Gasteiger partial charge in [0.2, 0.25) is 0 Å². The first kappa shape index (κ1) is 18.9. The molecule has 0 radical (unpaired) electrons. The molecule has 7 nitrogen and oxygen atoms in total. The quantitative estimate of drug-likeness (QED) is 0.235. The number of rotatable bonds is 6. The van der Waals surface area contributed by atoms with E-state index in [2.05, 4.69) is 6.58 Å². The summed E-state index contributed by atoms with van der Waals surface area (Å²) >= 11 is 6.38. The van der Waals surface area contributed by atoms with Crippen LogP contribution >= 0.6 is 24.0 Å². The monoisotopic (exact) mass is 402 g/mol. The number of nitro groups is 1. The molecule has 0 unspecified atom stereocenters. The molecule has 1 saturated heterocycles. The average molecular weight is 402 g/mol. The van der Waals surface area contributed by atoms with Crippen LogP contribution in [0.25, 0.3) is 17.4 Å². The lowest BCUT2D eigenvalue weighted by Crippen LogP contribution is -2.27. The number of amides is 1. The normalized spacial score (nSPS) is 15.4. The van der Waals surface area contributed by atoms with E-state index in [0.29, 0.717) is 38.6 Å². The molecule has 0 aliphatic carbocycles. The Morgan fingerprint density at radius 1 is 1.41 bits per heavy atom. The summed E-state index contributed by atoms with van der Waals surface area (Å²) in [6.07, 6.45) is 3.20. The van der Waals surface area contributed by atoms with Gasteiger partial charge >= 0.3 is 0 Å². The van der Waals surface area contributed by atoms with Crippen LogP contribution in [-0.2, 0) is 4.79 Å². The Labute approximate surface area is 164 Å². The zero-order valence-electron chi connectivity index (χ0n) is 14.2. The first-order chi connectivity index (χ1) is 12.9. The number of non-ortho nitro benzene ring substituents is 1. The minimum Gasteiger partial charge on any atom is -0.496 e. The summed E-state index contributed by atoms with van der Waals surface area (Å²) in [4.78, 5) is 24.8. The molecule has 0 spiro atoms. The molecule has 9 heteroatoms. The third kappa shape index (κ3) is 3.79. The van der Waals surface area contributed by atoms with Crippen LogP contribution in [0.1, 0.15) is 5.76 Å². The van der Waals surface area contributed by atoms with Crippen molar-refractivity contribution < 1.29 is 18.9 Å².